The maximum atomic E-state index is 11.3. The first-order chi connectivity index (χ1) is 8.65. The van der Waals surface area contributed by atoms with Crippen molar-refractivity contribution in [3.8, 4) is 5.75 Å². The standard InChI is InChI=1S/C16H16O2/c1-16(10-17)8-12-5-3-4-11-6-14(18-2)7-13(9-16)15(11)12/h3-7,10H,8-9H2,1-2H3. The average Bonchev–Trinajstić information content (AvgIpc) is 2.38. The second kappa shape index (κ2) is 3.84. The Morgan fingerprint density at radius 3 is 2.72 bits per heavy atom. The van der Waals surface area contributed by atoms with E-state index in [1.54, 1.807) is 7.11 Å². The minimum absolute atomic E-state index is 0.284. The summed E-state index contributed by atoms with van der Waals surface area (Å²) >= 11 is 0. The van der Waals surface area contributed by atoms with E-state index in [1.165, 1.54) is 21.9 Å². The van der Waals surface area contributed by atoms with Crippen LogP contribution in [-0.4, -0.2) is 13.4 Å². The number of rotatable bonds is 2. The van der Waals surface area contributed by atoms with Crippen LogP contribution in [0.25, 0.3) is 10.8 Å². The fraction of sp³-hybridized carbons (Fsp3) is 0.312. The molecular weight excluding hydrogens is 224 g/mol. The summed E-state index contributed by atoms with van der Waals surface area (Å²) in [6.07, 6.45) is 2.71. The molecule has 0 bridgehead atoms. The Hall–Kier alpha value is -1.83. The Labute approximate surface area is 107 Å². The monoisotopic (exact) mass is 240 g/mol. The number of carbonyl (C=O) groups is 1. The molecule has 1 atom stereocenters. The minimum Gasteiger partial charge on any atom is -0.497 e. The number of carbonyl (C=O) groups excluding carboxylic acids is 1. The zero-order chi connectivity index (χ0) is 12.8. The number of methoxy groups -OCH3 is 1. The molecule has 0 saturated heterocycles. The van der Waals surface area contributed by atoms with Crippen LogP contribution in [0.5, 0.6) is 5.75 Å². The third-order valence-corrected chi connectivity index (χ3v) is 3.83. The molecule has 0 amide bonds. The van der Waals surface area contributed by atoms with Gasteiger partial charge >= 0.3 is 0 Å². The molecule has 0 fully saturated rings. The Balaban J connectivity index is 2.30. The van der Waals surface area contributed by atoms with E-state index in [0.29, 0.717) is 0 Å². The zero-order valence-electron chi connectivity index (χ0n) is 10.7. The average molecular weight is 240 g/mol. The van der Waals surface area contributed by atoms with E-state index in [0.717, 1.165) is 24.9 Å². The van der Waals surface area contributed by atoms with E-state index in [9.17, 15) is 4.79 Å². The second-order valence-corrected chi connectivity index (χ2v) is 5.43. The molecule has 1 unspecified atom stereocenters. The van der Waals surface area contributed by atoms with Crippen LogP contribution in [0.4, 0.5) is 0 Å². The Bertz CT molecular complexity index is 630. The van der Waals surface area contributed by atoms with E-state index in [1.807, 2.05) is 6.92 Å². The number of ether oxygens (including phenoxy) is 1. The SMILES string of the molecule is COc1cc2c3c(cccc3c1)CC(C)(C=O)C2. The van der Waals surface area contributed by atoms with Gasteiger partial charge in [-0.3, -0.25) is 0 Å². The van der Waals surface area contributed by atoms with Crippen molar-refractivity contribution in [1.29, 1.82) is 0 Å². The highest BCUT2D eigenvalue weighted by Crippen LogP contribution is 2.39. The van der Waals surface area contributed by atoms with Crippen molar-refractivity contribution < 1.29 is 9.53 Å². The highest BCUT2D eigenvalue weighted by atomic mass is 16.5. The molecule has 18 heavy (non-hydrogen) atoms. The normalized spacial score (nSPS) is 21.9. The van der Waals surface area contributed by atoms with Crippen LogP contribution in [0.2, 0.25) is 0 Å². The summed E-state index contributed by atoms with van der Waals surface area (Å²) in [5.41, 5.74) is 2.21. The van der Waals surface area contributed by atoms with Gasteiger partial charge < -0.3 is 9.53 Å². The molecule has 0 heterocycles. The fourth-order valence-electron chi connectivity index (χ4n) is 2.99. The first-order valence-electron chi connectivity index (χ1n) is 6.20. The van der Waals surface area contributed by atoms with Gasteiger partial charge in [0.05, 0.1) is 7.11 Å². The lowest BCUT2D eigenvalue weighted by atomic mass is 9.73. The number of benzene rings is 2. The van der Waals surface area contributed by atoms with Gasteiger partial charge in [0.1, 0.15) is 12.0 Å². The number of hydrogen-bond acceptors (Lipinski definition) is 2. The highest BCUT2D eigenvalue weighted by Gasteiger charge is 2.31. The molecule has 3 rings (SSSR count). The quantitative estimate of drug-likeness (QED) is 0.754. The highest BCUT2D eigenvalue weighted by molar-refractivity contribution is 5.92. The first-order valence-corrected chi connectivity index (χ1v) is 6.20. The van der Waals surface area contributed by atoms with Crippen LogP contribution in [0.15, 0.2) is 30.3 Å². The predicted octanol–water partition coefficient (Wildman–Crippen LogP) is 3.15. The number of hydrogen-bond donors (Lipinski definition) is 0. The van der Waals surface area contributed by atoms with E-state index in [-0.39, 0.29) is 5.41 Å². The van der Waals surface area contributed by atoms with Crippen molar-refractivity contribution in [1.82, 2.24) is 0 Å². The topological polar surface area (TPSA) is 26.3 Å². The van der Waals surface area contributed by atoms with Gasteiger partial charge in [0.2, 0.25) is 0 Å². The molecule has 1 aliphatic carbocycles. The van der Waals surface area contributed by atoms with E-state index < -0.39 is 0 Å². The van der Waals surface area contributed by atoms with Crippen molar-refractivity contribution in [2.75, 3.05) is 7.11 Å². The third kappa shape index (κ3) is 1.60. The predicted molar refractivity (Wildman–Crippen MR) is 72.1 cm³/mol. The molecule has 2 nitrogen and oxygen atoms in total. The summed E-state index contributed by atoms with van der Waals surface area (Å²) in [5, 5.41) is 2.51. The van der Waals surface area contributed by atoms with Crippen molar-refractivity contribution >= 4 is 17.1 Å². The first kappa shape index (κ1) is 11.3. The van der Waals surface area contributed by atoms with Crippen molar-refractivity contribution in [3.05, 3.63) is 41.5 Å². The van der Waals surface area contributed by atoms with E-state index in [4.69, 9.17) is 4.74 Å². The second-order valence-electron chi connectivity index (χ2n) is 5.43. The maximum Gasteiger partial charge on any atom is 0.126 e. The van der Waals surface area contributed by atoms with Gasteiger partial charge in [0.25, 0.3) is 0 Å². The van der Waals surface area contributed by atoms with Crippen LogP contribution >= 0.6 is 0 Å². The molecule has 2 heteroatoms. The molecule has 2 aromatic rings. The summed E-state index contributed by atoms with van der Waals surface area (Å²) in [6.45, 7) is 2.03. The maximum absolute atomic E-state index is 11.3. The summed E-state index contributed by atoms with van der Waals surface area (Å²) in [4.78, 5) is 11.3. The fourth-order valence-corrected chi connectivity index (χ4v) is 2.99. The molecule has 0 radical (unpaired) electrons. The molecule has 0 aliphatic heterocycles. The summed E-state index contributed by atoms with van der Waals surface area (Å²) in [7, 11) is 1.68. The van der Waals surface area contributed by atoms with Gasteiger partial charge in [-0.1, -0.05) is 25.1 Å². The van der Waals surface area contributed by atoms with Crippen LogP contribution in [0.3, 0.4) is 0 Å². The van der Waals surface area contributed by atoms with Crippen LogP contribution < -0.4 is 4.74 Å². The molecule has 0 N–H and O–H groups in total. The summed E-state index contributed by atoms with van der Waals surface area (Å²) in [5.74, 6) is 0.866. The van der Waals surface area contributed by atoms with Crippen molar-refractivity contribution in [2.24, 2.45) is 5.41 Å². The lowest BCUT2D eigenvalue weighted by Crippen LogP contribution is -2.27. The molecule has 0 spiro atoms. The van der Waals surface area contributed by atoms with Gasteiger partial charge in [-0.2, -0.15) is 0 Å². The molecule has 2 aromatic carbocycles. The minimum atomic E-state index is -0.284. The Morgan fingerprint density at radius 1 is 1.22 bits per heavy atom. The van der Waals surface area contributed by atoms with Crippen LogP contribution in [0, 0.1) is 5.41 Å². The van der Waals surface area contributed by atoms with Gasteiger partial charge in [-0.15, -0.1) is 0 Å². The van der Waals surface area contributed by atoms with Gasteiger partial charge in [0, 0.05) is 5.41 Å². The van der Waals surface area contributed by atoms with Crippen molar-refractivity contribution in [3.63, 3.8) is 0 Å². The molecule has 0 saturated carbocycles. The lowest BCUT2D eigenvalue weighted by molar-refractivity contribution is -0.115. The molecule has 92 valence electrons. The van der Waals surface area contributed by atoms with E-state index >= 15 is 0 Å². The van der Waals surface area contributed by atoms with Gasteiger partial charge in [-0.05, 0) is 46.9 Å². The Kier molecular flexibility index (Phi) is 2.40. The molecular formula is C16H16O2. The van der Waals surface area contributed by atoms with E-state index in [2.05, 4.69) is 30.3 Å². The van der Waals surface area contributed by atoms with Crippen LogP contribution in [-0.2, 0) is 17.6 Å². The third-order valence-electron chi connectivity index (χ3n) is 3.83. The molecule has 0 aromatic heterocycles. The molecule has 1 aliphatic rings. The lowest BCUT2D eigenvalue weighted by Gasteiger charge is -2.30. The summed E-state index contributed by atoms with van der Waals surface area (Å²) in [6, 6.07) is 10.4. The summed E-state index contributed by atoms with van der Waals surface area (Å²) < 4.78 is 5.34. The van der Waals surface area contributed by atoms with Gasteiger partial charge in [-0.25, -0.2) is 0 Å². The van der Waals surface area contributed by atoms with Crippen molar-refractivity contribution in [2.45, 2.75) is 19.8 Å². The zero-order valence-corrected chi connectivity index (χ0v) is 10.7. The Morgan fingerprint density at radius 2 is 2.00 bits per heavy atom. The smallest absolute Gasteiger partial charge is 0.126 e. The number of aldehydes is 1. The van der Waals surface area contributed by atoms with Crippen LogP contribution in [0.1, 0.15) is 18.1 Å². The van der Waals surface area contributed by atoms with Gasteiger partial charge in [0.15, 0.2) is 0 Å². The largest absolute Gasteiger partial charge is 0.497 e.